The van der Waals surface area contributed by atoms with Gasteiger partial charge in [0.05, 0.1) is 0 Å². The van der Waals surface area contributed by atoms with Crippen LogP contribution in [0.15, 0.2) is 29.2 Å². The molecule has 0 aromatic carbocycles. The van der Waals surface area contributed by atoms with E-state index in [1.54, 1.807) is 24.4 Å². The highest BCUT2D eigenvalue weighted by atomic mass is 16.1. The predicted octanol–water partition coefficient (Wildman–Crippen LogP) is 0.270. The van der Waals surface area contributed by atoms with Crippen molar-refractivity contribution in [3.63, 3.8) is 0 Å². The van der Waals surface area contributed by atoms with Gasteiger partial charge in [0.25, 0.3) is 5.56 Å². The highest BCUT2D eigenvalue weighted by Gasteiger charge is 2.06. The fourth-order valence-corrected chi connectivity index (χ4v) is 0.888. The van der Waals surface area contributed by atoms with Crippen LogP contribution in [0.25, 0.3) is 11.4 Å². The number of hydrogen-bond acceptors (Lipinski definition) is 3. The summed E-state index contributed by atoms with van der Waals surface area (Å²) in [5, 5.41) is 6.08. The minimum absolute atomic E-state index is 0.240. The van der Waals surface area contributed by atoms with Gasteiger partial charge in [0.1, 0.15) is 5.69 Å². The summed E-state index contributed by atoms with van der Waals surface area (Å²) < 4.78 is 0. The first-order chi connectivity index (χ1) is 5.38. The molecule has 2 rings (SSSR count). The molecule has 4 heteroatoms. The van der Waals surface area contributed by atoms with Gasteiger partial charge >= 0.3 is 0 Å². The quantitative estimate of drug-likeness (QED) is 0.581. The van der Waals surface area contributed by atoms with Crippen molar-refractivity contribution >= 4 is 0 Å². The molecular formula is C7H5N3O. The maximum Gasteiger partial charge on any atom is 0.292 e. The fourth-order valence-electron chi connectivity index (χ4n) is 0.888. The maximum absolute atomic E-state index is 10.9. The summed E-state index contributed by atoms with van der Waals surface area (Å²) in [6, 6.07) is 5.27. The molecule has 2 heterocycles. The van der Waals surface area contributed by atoms with Crippen molar-refractivity contribution in [2.24, 2.45) is 0 Å². The molecule has 0 aromatic rings. The van der Waals surface area contributed by atoms with E-state index in [1.807, 2.05) is 0 Å². The first-order valence-electron chi connectivity index (χ1n) is 3.17. The van der Waals surface area contributed by atoms with E-state index in [9.17, 15) is 4.79 Å². The van der Waals surface area contributed by atoms with Gasteiger partial charge in [0.2, 0.25) is 0 Å². The molecule has 0 radical (unpaired) electrons. The van der Waals surface area contributed by atoms with Gasteiger partial charge in [-0.25, -0.2) is 10.1 Å². The SMILES string of the molecule is O=c1[nH]nc2ccccnc1-2. The van der Waals surface area contributed by atoms with E-state index in [2.05, 4.69) is 15.2 Å². The van der Waals surface area contributed by atoms with Crippen molar-refractivity contribution in [1.82, 2.24) is 15.2 Å². The average Bonchev–Trinajstić information content (AvgIpc) is 2.25. The van der Waals surface area contributed by atoms with Crippen molar-refractivity contribution in [3.05, 3.63) is 34.7 Å². The summed E-state index contributed by atoms with van der Waals surface area (Å²) in [7, 11) is 0. The third-order valence-corrected chi connectivity index (χ3v) is 1.39. The molecule has 0 unspecified atom stereocenters. The van der Waals surface area contributed by atoms with Crippen LogP contribution in [0, 0.1) is 0 Å². The Morgan fingerprint density at radius 1 is 1.36 bits per heavy atom. The lowest BCUT2D eigenvalue weighted by Crippen LogP contribution is -2.00. The molecule has 2 aliphatic heterocycles. The van der Waals surface area contributed by atoms with E-state index < -0.39 is 0 Å². The third-order valence-electron chi connectivity index (χ3n) is 1.39. The molecule has 0 saturated heterocycles. The van der Waals surface area contributed by atoms with Crippen LogP contribution in [-0.2, 0) is 0 Å². The monoisotopic (exact) mass is 147 g/mol. The van der Waals surface area contributed by atoms with Crippen molar-refractivity contribution in [1.29, 1.82) is 0 Å². The second kappa shape index (κ2) is 2.16. The number of rotatable bonds is 0. The number of aromatic amines is 1. The normalized spacial score (nSPS) is 10.2. The van der Waals surface area contributed by atoms with E-state index >= 15 is 0 Å². The lowest BCUT2D eigenvalue weighted by Gasteiger charge is -1.79. The molecule has 11 heavy (non-hydrogen) atoms. The van der Waals surface area contributed by atoms with Crippen LogP contribution in [-0.4, -0.2) is 15.2 Å². The Kier molecular flexibility index (Phi) is 1.18. The van der Waals surface area contributed by atoms with Crippen LogP contribution in [0.5, 0.6) is 0 Å². The fraction of sp³-hybridized carbons (Fsp3) is 0. The number of aromatic nitrogens is 3. The predicted molar refractivity (Wildman–Crippen MR) is 39.3 cm³/mol. The Hall–Kier alpha value is -1.71. The smallest absolute Gasteiger partial charge is 0.265 e. The van der Waals surface area contributed by atoms with E-state index in [4.69, 9.17) is 0 Å². The number of fused-ring (bicyclic) bond motifs is 1. The molecule has 0 fully saturated rings. The molecular weight excluding hydrogens is 142 g/mol. The molecule has 2 aliphatic rings. The largest absolute Gasteiger partial charge is 0.292 e. The van der Waals surface area contributed by atoms with Gasteiger partial charge in [-0.15, -0.1) is 0 Å². The average molecular weight is 147 g/mol. The summed E-state index contributed by atoms with van der Waals surface area (Å²) >= 11 is 0. The summed E-state index contributed by atoms with van der Waals surface area (Å²) in [4.78, 5) is 14.8. The van der Waals surface area contributed by atoms with Crippen LogP contribution in [0.2, 0.25) is 0 Å². The molecule has 0 amide bonds. The first kappa shape index (κ1) is 6.03. The molecule has 0 aromatic heterocycles. The van der Waals surface area contributed by atoms with Gasteiger partial charge in [-0.2, -0.15) is 5.10 Å². The van der Waals surface area contributed by atoms with E-state index in [0.29, 0.717) is 11.4 Å². The van der Waals surface area contributed by atoms with Gasteiger partial charge in [0, 0.05) is 6.20 Å². The Bertz CT molecular complexity index is 395. The zero-order valence-corrected chi connectivity index (χ0v) is 5.61. The topological polar surface area (TPSA) is 58.6 Å². The van der Waals surface area contributed by atoms with Gasteiger partial charge < -0.3 is 0 Å². The van der Waals surface area contributed by atoms with Crippen molar-refractivity contribution in [2.45, 2.75) is 0 Å². The number of nitrogens with zero attached hydrogens (tertiary/aromatic N) is 2. The van der Waals surface area contributed by atoms with Crippen molar-refractivity contribution in [2.75, 3.05) is 0 Å². The molecule has 1 N–H and O–H groups in total. The second-order valence-electron chi connectivity index (χ2n) is 2.12. The number of H-pyrrole nitrogens is 1. The standard InChI is InChI=1S/C7H5N3O/c11-7-6-5(9-10-7)3-1-2-4-8-6/h1-4H,(H,10,11). The van der Waals surface area contributed by atoms with Crippen molar-refractivity contribution in [3.8, 4) is 11.4 Å². The summed E-state index contributed by atoms with van der Waals surface area (Å²) in [6.45, 7) is 0. The molecule has 0 bridgehead atoms. The zero-order chi connectivity index (χ0) is 7.68. The third kappa shape index (κ3) is 0.881. The Morgan fingerprint density at radius 3 is 3.18 bits per heavy atom. The van der Waals surface area contributed by atoms with Gasteiger partial charge in [-0.3, -0.25) is 4.79 Å². The molecule has 0 saturated carbocycles. The first-order valence-corrected chi connectivity index (χ1v) is 3.17. The maximum atomic E-state index is 10.9. The number of hydrogen-bond donors (Lipinski definition) is 1. The van der Waals surface area contributed by atoms with Crippen LogP contribution in [0.3, 0.4) is 0 Å². The van der Waals surface area contributed by atoms with Crippen LogP contribution in [0.1, 0.15) is 0 Å². The summed E-state index contributed by atoms with van der Waals surface area (Å²) in [6.07, 6.45) is 1.57. The van der Waals surface area contributed by atoms with Gasteiger partial charge in [0.15, 0.2) is 5.69 Å². The van der Waals surface area contributed by atoms with Crippen LogP contribution in [0.4, 0.5) is 0 Å². The minimum Gasteiger partial charge on any atom is -0.265 e. The summed E-state index contributed by atoms with van der Waals surface area (Å²) in [5.74, 6) is 0. The highest BCUT2D eigenvalue weighted by molar-refractivity contribution is 5.52. The van der Waals surface area contributed by atoms with E-state index in [1.165, 1.54) is 0 Å². The van der Waals surface area contributed by atoms with E-state index in [-0.39, 0.29) is 5.56 Å². The molecule has 54 valence electrons. The Balaban J connectivity index is 2.86. The Morgan fingerprint density at radius 2 is 2.27 bits per heavy atom. The van der Waals surface area contributed by atoms with E-state index in [0.717, 1.165) is 0 Å². The Labute approximate surface area is 62.3 Å². The zero-order valence-electron chi connectivity index (χ0n) is 5.61. The lowest BCUT2D eigenvalue weighted by molar-refractivity contribution is 1.07. The molecule has 0 aliphatic carbocycles. The van der Waals surface area contributed by atoms with Gasteiger partial charge in [-0.05, 0) is 12.1 Å². The molecule has 0 spiro atoms. The van der Waals surface area contributed by atoms with Crippen LogP contribution < -0.4 is 5.56 Å². The van der Waals surface area contributed by atoms with Crippen LogP contribution >= 0.6 is 0 Å². The number of nitrogens with one attached hydrogen (secondary N) is 1. The molecule has 4 nitrogen and oxygen atoms in total. The highest BCUT2D eigenvalue weighted by Crippen LogP contribution is 2.06. The van der Waals surface area contributed by atoms with Crippen molar-refractivity contribution < 1.29 is 0 Å². The minimum atomic E-state index is -0.240. The second-order valence-corrected chi connectivity index (χ2v) is 2.12. The lowest BCUT2D eigenvalue weighted by atomic mass is 10.3. The summed E-state index contributed by atoms with van der Waals surface area (Å²) in [5.41, 5.74) is 0.742. The molecule has 0 atom stereocenters. The van der Waals surface area contributed by atoms with Gasteiger partial charge in [-0.1, -0.05) is 6.07 Å².